The molecule has 0 amide bonds. The molecule has 128 valence electrons. The molecule has 2 rings (SSSR count). The zero-order valence-electron chi connectivity index (χ0n) is 11.5. The molecule has 0 atom stereocenters. The van der Waals surface area contributed by atoms with Gasteiger partial charge in [0.05, 0.1) is 13.2 Å². The van der Waals surface area contributed by atoms with Crippen molar-refractivity contribution in [2.24, 2.45) is 0 Å². The van der Waals surface area contributed by atoms with Gasteiger partial charge in [-0.2, -0.15) is 8.42 Å². The maximum atomic E-state index is 8.74. The summed E-state index contributed by atoms with van der Waals surface area (Å²) in [4.78, 5) is 14.3. The van der Waals surface area contributed by atoms with Crippen molar-refractivity contribution < 1.29 is 41.3 Å². The summed E-state index contributed by atoms with van der Waals surface area (Å²) in [7, 11) is -7.80. The normalized spacial score (nSPS) is 11.5. The van der Waals surface area contributed by atoms with Gasteiger partial charge in [0, 0.05) is 0 Å². The minimum absolute atomic E-state index is 0.573. The summed E-state index contributed by atoms with van der Waals surface area (Å²) in [6.07, 6.45) is 1.73. The first-order chi connectivity index (χ1) is 10.2. The lowest BCUT2D eigenvalue weighted by Gasteiger charge is -1.99. The number of hydrogen-bond acceptors (Lipinski definition) is 5. The van der Waals surface area contributed by atoms with E-state index >= 15 is 0 Å². The van der Waals surface area contributed by atoms with Gasteiger partial charge in [0.2, 0.25) is 0 Å². The van der Waals surface area contributed by atoms with Crippen LogP contribution in [0.2, 0.25) is 0 Å². The first-order valence-corrected chi connectivity index (χ1v) is 8.35. The van der Waals surface area contributed by atoms with Crippen LogP contribution >= 0.6 is 8.25 Å². The summed E-state index contributed by atoms with van der Waals surface area (Å²) < 4.78 is 50.1. The Morgan fingerprint density at radius 1 is 1.23 bits per heavy atom. The average molecular weight is 358 g/mol. The molecule has 11 heteroatoms. The molecule has 0 radical (unpaired) electrons. The molecule has 4 N–H and O–H groups in total. The summed E-state index contributed by atoms with van der Waals surface area (Å²) in [6, 6.07) is 9.69. The molecule has 0 saturated carbocycles. The van der Waals surface area contributed by atoms with Gasteiger partial charge in [0.15, 0.2) is 0 Å². The molecule has 1 saturated heterocycles. The highest BCUT2D eigenvalue weighted by Gasteiger charge is 1.94. The van der Waals surface area contributed by atoms with E-state index in [1.165, 1.54) is 0 Å². The molecule has 1 aliphatic heterocycles. The van der Waals surface area contributed by atoms with Gasteiger partial charge in [-0.05, 0) is 12.1 Å². The summed E-state index contributed by atoms with van der Waals surface area (Å²) >= 11 is 0. The van der Waals surface area contributed by atoms with Crippen LogP contribution in [0.5, 0.6) is 5.75 Å². The lowest BCUT2D eigenvalue weighted by Crippen LogP contribution is -1.91. The van der Waals surface area contributed by atoms with E-state index in [1.54, 1.807) is 6.08 Å². The predicted molar refractivity (Wildman–Crippen MR) is 80.6 cm³/mol. The molecule has 0 aliphatic carbocycles. The van der Waals surface area contributed by atoms with Crippen LogP contribution in [0.3, 0.4) is 0 Å². The van der Waals surface area contributed by atoms with Crippen LogP contribution in [0, 0.1) is 0 Å². The molecular weight excluding hydrogens is 339 g/mol. The van der Waals surface area contributed by atoms with Crippen LogP contribution in [0.25, 0.3) is 0 Å². The minimum Gasteiger partial charge on any atom is -0.490 e. The highest BCUT2D eigenvalue weighted by molar-refractivity contribution is 7.79. The SMILES string of the molecule is C1CO1.C=CCOc1ccccc1.O=S(=O)(O)O.O=[PH](O)O. The van der Waals surface area contributed by atoms with Crippen molar-refractivity contribution in [3.63, 3.8) is 0 Å². The molecule has 1 heterocycles. The molecule has 0 spiro atoms. The van der Waals surface area contributed by atoms with E-state index in [4.69, 9.17) is 36.6 Å². The van der Waals surface area contributed by atoms with E-state index in [9.17, 15) is 0 Å². The smallest absolute Gasteiger partial charge is 0.394 e. The first kappa shape index (κ1) is 23.0. The van der Waals surface area contributed by atoms with Gasteiger partial charge in [-0.25, -0.2) is 0 Å². The van der Waals surface area contributed by atoms with Crippen LogP contribution in [0.15, 0.2) is 43.0 Å². The van der Waals surface area contributed by atoms with Gasteiger partial charge in [-0.1, -0.05) is 30.9 Å². The van der Waals surface area contributed by atoms with Crippen LogP contribution in [0.1, 0.15) is 0 Å². The van der Waals surface area contributed by atoms with Gasteiger partial charge in [0.1, 0.15) is 12.4 Å². The second-order valence-electron chi connectivity index (χ2n) is 3.26. The minimum atomic E-state index is -4.67. The maximum absolute atomic E-state index is 8.74. The van der Waals surface area contributed by atoms with Gasteiger partial charge >= 0.3 is 18.7 Å². The van der Waals surface area contributed by atoms with Crippen molar-refractivity contribution in [3.05, 3.63) is 43.0 Å². The van der Waals surface area contributed by atoms with Crippen molar-refractivity contribution in [3.8, 4) is 5.75 Å². The highest BCUT2D eigenvalue weighted by Crippen LogP contribution is 2.07. The quantitative estimate of drug-likeness (QED) is 0.268. The van der Waals surface area contributed by atoms with Gasteiger partial charge < -0.3 is 19.3 Å². The third-order valence-corrected chi connectivity index (χ3v) is 1.32. The van der Waals surface area contributed by atoms with Crippen LogP contribution in [-0.2, 0) is 19.7 Å². The fourth-order valence-corrected chi connectivity index (χ4v) is 0.672. The Morgan fingerprint density at radius 2 is 1.59 bits per heavy atom. The van der Waals surface area contributed by atoms with Crippen LogP contribution in [-0.4, -0.2) is 47.1 Å². The van der Waals surface area contributed by atoms with E-state index in [-0.39, 0.29) is 0 Å². The monoisotopic (exact) mass is 358 g/mol. The molecule has 0 bridgehead atoms. The topological polar surface area (TPSA) is 154 Å². The molecule has 1 fully saturated rings. The van der Waals surface area contributed by atoms with Crippen molar-refractivity contribution in [1.82, 2.24) is 0 Å². The zero-order chi connectivity index (χ0) is 17.4. The molecular formula is C11H19O9PS. The zero-order valence-corrected chi connectivity index (χ0v) is 13.3. The average Bonchev–Trinajstić information content (AvgIpc) is 3.23. The third kappa shape index (κ3) is 42.8. The Kier molecular flexibility index (Phi) is 15.3. The van der Waals surface area contributed by atoms with E-state index in [0.29, 0.717) is 6.61 Å². The number of benzene rings is 1. The number of para-hydroxylation sites is 1. The number of hydrogen-bond donors (Lipinski definition) is 4. The predicted octanol–water partition coefficient (Wildman–Crippen LogP) is 0.976. The standard InChI is InChI=1S/C9H10O.C2H4O.H2O4S.H3O3P/c1-2-8-10-9-6-4-3-5-7-9;1-2-3-1;1-5(2,3)4;1-4(2)3/h2-7H,1,8H2;1-2H2;(H2,1,2,3,4);4H,(H2,1,2,3). The van der Waals surface area contributed by atoms with Crippen LogP contribution < -0.4 is 4.74 Å². The molecule has 22 heavy (non-hydrogen) atoms. The summed E-state index contributed by atoms with van der Waals surface area (Å²) in [6.45, 7) is 6.12. The fourth-order valence-electron chi connectivity index (χ4n) is 0.672. The van der Waals surface area contributed by atoms with Crippen molar-refractivity contribution in [1.29, 1.82) is 0 Å². The third-order valence-electron chi connectivity index (χ3n) is 1.32. The molecule has 0 unspecified atom stereocenters. The van der Waals surface area contributed by atoms with E-state index in [2.05, 4.69) is 11.3 Å². The lowest BCUT2D eigenvalue weighted by atomic mass is 10.3. The molecule has 1 aromatic rings. The Bertz CT molecular complexity index is 487. The number of epoxide rings is 1. The number of ether oxygens (including phenoxy) is 2. The summed E-state index contributed by atoms with van der Waals surface area (Å²) in [5.41, 5.74) is 0. The van der Waals surface area contributed by atoms with Crippen molar-refractivity contribution >= 4 is 18.7 Å². The molecule has 9 nitrogen and oxygen atoms in total. The van der Waals surface area contributed by atoms with Gasteiger partial charge in [0.25, 0.3) is 0 Å². The fraction of sp³-hybridized carbons (Fsp3) is 0.273. The Balaban J connectivity index is 0. The van der Waals surface area contributed by atoms with E-state index in [0.717, 1.165) is 19.0 Å². The largest absolute Gasteiger partial charge is 0.490 e. The van der Waals surface area contributed by atoms with Gasteiger partial charge in [-0.15, -0.1) is 0 Å². The second kappa shape index (κ2) is 14.7. The van der Waals surface area contributed by atoms with Gasteiger partial charge in [-0.3, -0.25) is 13.7 Å². The Morgan fingerprint density at radius 3 is 1.86 bits per heavy atom. The summed E-state index contributed by atoms with van der Waals surface area (Å²) in [5, 5.41) is 0. The second-order valence-corrected chi connectivity index (χ2v) is 4.72. The van der Waals surface area contributed by atoms with E-state index < -0.39 is 18.7 Å². The maximum Gasteiger partial charge on any atom is 0.394 e. The first-order valence-electron chi connectivity index (χ1n) is 5.65. The lowest BCUT2D eigenvalue weighted by molar-refractivity contribution is 0.363. The Labute approximate surface area is 129 Å². The van der Waals surface area contributed by atoms with E-state index in [1.807, 2.05) is 30.3 Å². The molecule has 1 aromatic carbocycles. The summed E-state index contributed by atoms with van der Waals surface area (Å²) in [5.74, 6) is 0.891. The van der Waals surface area contributed by atoms with Crippen molar-refractivity contribution in [2.45, 2.75) is 0 Å². The van der Waals surface area contributed by atoms with Crippen LogP contribution in [0.4, 0.5) is 0 Å². The molecule has 1 aliphatic rings. The molecule has 0 aromatic heterocycles. The van der Waals surface area contributed by atoms with Crippen molar-refractivity contribution in [2.75, 3.05) is 19.8 Å². The number of rotatable bonds is 3. The highest BCUT2D eigenvalue weighted by atomic mass is 32.3. The Hall–Kier alpha value is -1.26.